The summed E-state index contributed by atoms with van der Waals surface area (Å²) in [5, 5.41) is 4.06. The standard InChI is InChI=1S/C19H19N3O/c1-2-13-7-8-14-11-22(12-15(14)9-13)19(23)21-18-10-20-17-6-4-3-5-16(17)18/h3-10,20H,2,11-12H2,1H3,(H,21,23). The monoisotopic (exact) mass is 305 g/mol. The van der Waals surface area contributed by atoms with Crippen molar-refractivity contribution in [3.05, 3.63) is 65.4 Å². The zero-order chi connectivity index (χ0) is 15.8. The summed E-state index contributed by atoms with van der Waals surface area (Å²) < 4.78 is 0. The van der Waals surface area contributed by atoms with E-state index in [4.69, 9.17) is 0 Å². The lowest BCUT2D eigenvalue weighted by Gasteiger charge is -2.16. The van der Waals surface area contributed by atoms with Gasteiger partial charge in [-0.15, -0.1) is 0 Å². The summed E-state index contributed by atoms with van der Waals surface area (Å²) in [6, 6.07) is 14.4. The SMILES string of the molecule is CCc1ccc2c(c1)CN(C(=O)Nc1c[nH]c3ccccc13)C2. The van der Waals surface area contributed by atoms with Gasteiger partial charge in [0.1, 0.15) is 0 Å². The van der Waals surface area contributed by atoms with Crippen LogP contribution in [0.3, 0.4) is 0 Å². The summed E-state index contributed by atoms with van der Waals surface area (Å²) in [6.07, 6.45) is 2.87. The van der Waals surface area contributed by atoms with E-state index in [1.54, 1.807) is 0 Å². The highest BCUT2D eigenvalue weighted by molar-refractivity contribution is 6.01. The highest BCUT2D eigenvalue weighted by Gasteiger charge is 2.23. The molecule has 0 bridgehead atoms. The van der Waals surface area contributed by atoms with Crippen molar-refractivity contribution in [1.29, 1.82) is 0 Å². The van der Waals surface area contributed by atoms with Gasteiger partial charge in [0.25, 0.3) is 0 Å². The number of H-pyrrole nitrogens is 1. The van der Waals surface area contributed by atoms with Crippen LogP contribution in [0.25, 0.3) is 10.9 Å². The number of aryl methyl sites for hydroxylation is 1. The Morgan fingerprint density at radius 2 is 2.00 bits per heavy atom. The predicted molar refractivity (Wildman–Crippen MR) is 92.4 cm³/mol. The third kappa shape index (κ3) is 2.46. The molecule has 4 rings (SSSR count). The quantitative estimate of drug-likeness (QED) is 0.729. The van der Waals surface area contributed by atoms with E-state index in [1.165, 1.54) is 16.7 Å². The molecule has 0 radical (unpaired) electrons. The molecule has 1 aromatic heterocycles. The average Bonchev–Trinajstić information content (AvgIpc) is 3.18. The lowest BCUT2D eigenvalue weighted by Crippen LogP contribution is -2.30. The molecule has 23 heavy (non-hydrogen) atoms. The predicted octanol–water partition coefficient (Wildman–Crippen LogP) is 4.28. The molecule has 0 saturated carbocycles. The number of aromatic nitrogens is 1. The maximum atomic E-state index is 12.6. The van der Waals surface area contributed by atoms with Crippen LogP contribution in [0.2, 0.25) is 0 Å². The highest BCUT2D eigenvalue weighted by Crippen LogP contribution is 2.27. The first kappa shape index (κ1) is 13.9. The van der Waals surface area contributed by atoms with Gasteiger partial charge in [0.15, 0.2) is 0 Å². The number of anilines is 1. The van der Waals surface area contributed by atoms with Crippen molar-refractivity contribution in [3.63, 3.8) is 0 Å². The maximum Gasteiger partial charge on any atom is 0.322 e. The first-order chi connectivity index (χ1) is 11.2. The largest absolute Gasteiger partial charge is 0.359 e. The fraction of sp³-hybridized carbons (Fsp3) is 0.211. The molecule has 3 aromatic rings. The molecule has 0 fully saturated rings. The minimum absolute atomic E-state index is 0.0519. The van der Waals surface area contributed by atoms with Crippen molar-refractivity contribution < 1.29 is 4.79 Å². The number of carbonyl (C=O) groups is 1. The van der Waals surface area contributed by atoms with E-state index in [-0.39, 0.29) is 6.03 Å². The molecule has 2 amide bonds. The van der Waals surface area contributed by atoms with Gasteiger partial charge in [-0.2, -0.15) is 0 Å². The Labute approximate surface area is 135 Å². The maximum absolute atomic E-state index is 12.6. The van der Waals surface area contributed by atoms with Gasteiger partial charge in [0.05, 0.1) is 5.69 Å². The van der Waals surface area contributed by atoms with Gasteiger partial charge in [-0.05, 0) is 29.2 Å². The summed E-state index contributed by atoms with van der Waals surface area (Å²) in [5.74, 6) is 0. The Morgan fingerprint density at radius 3 is 2.87 bits per heavy atom. The number of benzene rings is 2. The van der Waals surface area contributed by atoms with Gasteiger partial charge in [0, 0.05) is 30.2 Å². The number of carbonyl (C=O) groups excluding carboxylic acids is 1. The van der Waals surface area contributed by atoms with E-state index in [0.29, 0.717) is 13.1 Å². The summed E-state index contributed by atoms with van der Waals surface area (Å²) in [7, 11) is 0. The van der Waals surface area contributed by atoms with Crippen molar-refractivity contribution >= 4 is 22.6 Å². The summed E-state index contributed by atoms with van der Waals surface area (Å²) in [6.45, 7) is 3.50. The molecule has 116 valence electrons. The summed E-state index contributed by atoms with van der Waals surface area (Å²) >= 11 is 0. The smallest absolute Gasteiger partial charge is 0.322 e. The molecule has 2 aromatic carbocycles. The first-order valence-corrected chi connectivity index (χ1v) is 7.97. The number of hydrogen-bond donors (Lipinski definition) is 2. The van der Waals surface area contributed by atoms with Crippen molar-refractivity contribution in [3.8, 4) is 0 Å². The van der Waals surface area contributed by atoms with Gasteiger partial charge in [-0.25, -0.2) is 4.79 Å². The molecule has 0 spiro atoms. The molecule has 4 heteroatoms. The molecule has 2 heterocycles. The molecule has 4 nitrogen and oxygen atoms in total. The Kier molecular flexibility index (Phi) is 3.30. The number of aromatic amines is 1. The van der Waals surface area contributed by atoms with Crippen LogP contribution in [0.15, 0.2) is 48.7 Å². The van der Waals surface area contributed by atoms with Crippen LogP contribution >= 0.6 is 0 Å². The van der Waals surface area contributed by atoms with Gasteiger partial charge in [-0.3, -0.25) is 0 Å². The van der Waals surface area contributed by atoms with E-state index in [1.807, 2.05) is 35.4 Å². The third-order valence-electron chi connectivity index (χ3n) is 4.52. The fourth-order valence-electron chi connectivity index (χ4n) is 3.18. The van der Waals surface area contributed by atoms with E-state index in [0.717, 1.165) is 23.0 Å². The van der Waals surface area contributed by atoms with Gasteiger partial charge < -0.3 is 15.2 Å². The van der Waals surface area contributed by atoms with Crippen LogP contribution in [0.4, 0.5) is 10.5 Å². The van der Waals surface area contributed by atoms with Crippen LogP contribution in [-0.4, -0.2) is 15.9 Å². The number of para-hydroxylation sites is 1. The zero-order valence-corrected chi connectivity index (χ0v) is 13.1. The lowest BCUT2D eigenvalue weighted by molar-refractivity contribution is 0.212. The zero-order valence-electron chi connectivity index (χ0n) is 13.1. The number of fused-ring (bicyclic) bond motifs is 2. The van der Waals surface area contributed by atoms with Gasteiger partial charge in [-0.1, -0.05) is 43.3 Å². The van der Waals surface area contributed by atoms with Crippen LogP contribution in [0, 0.1) is 0 Å². The molecule has 2 N–H and O–H groups in total. The normalized spacial score (nSPS) is 13.3. The Hall–Kier alpha value is -2.75. The first-order valence-electron chi connectivity index (χ1n) is 7.97. The second-order valence-corrected chi connectivity index (χ2v) is 5.99. The minimum atomic E-state index is -0.0519. The van der Waals surface area contributed by atoms with Crippen LogP contribution < -0.4 is 5.32 Å². The Balaban J connectivity index is 1.52. The lowest BCUT2D eigenvalue weighted by atomic mass is 10.1. The highest BCUT2D eigenvalue weighted by atomic mass is 16.2. The van der Waals surface area contributed by atoms with E-state index in [2.05, 4.69) is 35.4 Å². The Bertz CT molecular complexity index is 881. The van der Waals surface area contributed by atoms with E-state index >= 15 is 0 Å². The number of amides is 2. The third-order valence-corrected chi connectivity index (χ3v) is 4.52. The topological polar surface area (TPSA) is 48.1 Å². The van der Waals surface area contributed by atoms with Crippen LogP contribution in [-0.2, 0) is 19.5 Å². The van der Waals surface area contributed by atoms with E-state index in [9.17, 15) is 4.79 Å². The molecule has 0 atom stereocenters. The molecule has 0 unspecified atom stereocenters. The molecular formula is C19H19N3O. The molecular weight excluding hydrogens is 286 g/mol. The molecule has 0 saturated heterocycles. The average molecular weight is 305 g/mol. The van der Waals surface area contributed by atoms with Crippen LogP contribution in [0.5, 0.6) is 0 Å². The van der Waals surface area contributed by atoms with E-state index < -0.39 is 0 Å². The number of hydrogen-bond acceptors (Lipinski definition) is 1. The van der Waals surface area contributed by atoms with Gasteiger partial charge >= 0.3 is 6.03 Å². The Morgan fingerprint density at radius 1 is 1.17 bits per heavy atom. The van der Waals surface area contributed by atoms with Crippen molar-refractivity contribution in [2.75, 3.05) is 5.32 Å². The van der Waals surface area contributed by atoms with Gasteiger partial charge in [0.2, 0.25) is 0 Å². The number of rotatable bonds is 2. The van der Waals surface area contributed by atoms with Crippen molar-refractivity contribution in [2.24, 2.45) is 0 Å². The molecule has 1 aliphatic rings. The fourth-order valence-corrected chi connectivity index (χ4v) is 3.18. The number of nitrogens with one attached hydrogen (secondary N) is 2. The minimum Gasteiger partial charge on any atom is -0.359 e. The number of urea groups is 1. The summed E-state index contributed by atoms with van der Waals surface area (Å²) in [5.41, 5.74) is 5.69. The second kappa shape index (κ2) is 5.47. The second-order valence-electron chi connectivity index (χ2n) is 5.99. The molecule has 0 aliphatic carbocycles. The number of nitrogens with zero attached hydrogens (tertiary/aromatic N) is 1. The van der Waals surface area contributed by atoms with Crippen molar-refractivity contribution in [1.82, 2.24) is 9.88 Å². The van der Waals surface area contributed by atoms with Crippen molar-refractivity contribution in [2.45, 2.75) is 26.4 Å². The molecule has 1 aliphatic heterocycles. The summed E-state index contributed by atoms with van der Waals surface area (Å²) in [4.78, 5) is 17.6. The van der Waals surface area contributed by atoms with Crippen LogP contribution in [0.1, 0.15) is 23.6 Å².